The van der Waals surface area contributed by atoms with Gasteiger partial charge in [-0.2, -0.15) is 5.09 Å². The number of ether oxygens (including phenoxy) is 2. The Hall–Kier alpha value is -2.81. The number of nitrogens with one attached hydrogen (secondary N) is 2. The molecular weight excluding hydrogens is 521 g/mol. The first-order chi connectivity index (χ1) is 17.8. The summed E-state index contributed by atoms with van der Waals surface area (Å²) in [7, 11) is -3.11. The maximum atomic E-state index is 13.6. The number of aliphatic hydroxyl groups is 3. The molecule has 0 saturated carbocycles. The fourth-order valence-electron chi connectivity index (χ4n) is 4.30. The molecule has 0 spiro atoms. The molecule has 2 unspecified atom stereocenters. The molecule has 38 heavy (non-hydrogen) atoms. The lowest BCUT2D eigenvalue weighted by atomic mass is 9.88. The second-order valence-electron chi connectivity index (χ2n) is 9.21. The summed E-state index contributed by atoms with van der Waals surface area (Å²) in [5.74, 6) is -2.53. The number of aliphatic hydroxyl groups excluding tert-OH is 1. The van der Waals surface area contributed by atoms with E-state index in [0.29, 0.717) is 11.5 Å². The highest BCUT2D eigenvalue weighted by Gasteiger charge is 2.64. The number of methoxy groups -OCH3 is 1. The van der Waals surface area contributed by atoms with E-state index in [1.165, 1.54) is 43.8 Å². The van der Waals surface area contributed by atoms with Crippen LogP contribution in [0.25, 0.3) is 0 Å². The van der Waals surface area contributed by atoms with Crippen LogP contribution in [-0.2, 0) is 29.1 Å². The van der Waals surface area contributed by atoms with Crippen molar-refractivity contribution in [3.05, 3.63) is 53.9 Å². The molecule has 15 heteroatoms. The summed E-state index contributed by atoms with van der Waals surface area (Å²) in [6, 6.07) is 10.1. The lowest BCUT2D eigenvalue weighted by Gasteiger charge is -2.36. The van der Waals surface area contributed by atoms with E-state index in [-0.39, 0.29) is 11.4 Å². The van der Waals surface area contributed by atoms with Gasteiger partial charge in [-0.1, -0.05) is 18.2 Å². The van der Waals surface area contributed by atoms with E-state index >= 15 is 0 Å². The largest absolute Gasteiger partial charge is 0.468 e. The highest BCUT2D eigenvalue weighted by molar-refractivity contribution is 7.52. The number of rotatable bonds is 9. The summed E-state index contributed by atoms with van der Waals surface area (Å²) in [5, 5.41) is 36.2. The lowest BCUT2D eigenvalue weighted by Crippen LogP contribution is -2.54. The third-order valence-electron chi connectivity index (χ3n) is 6.39. The van der Waals surface area contributed by atoms with Crippen molar-refractivity contribution < 1.29 is 43.2 Å². The van der Waals surface area contributed by atoms with Crippen molar-refractivity contribution in [3.63, 3.8) is 0 Å². The van der Waals surface area contributed by atoms with E-state index in [9.17, 15) is 24.7 Å². The quantitative estimate of drug-likeness (QED) is 0.185. The van der Waals surface area contributed by atoms with E-state index in [2.05, 4.69) is 20.2 Å². The van der Waals surface area contributed by atoms with Gasteiger partial charge in [0.2, 0.25) is 5.79 Å². The smallest absolute Gasteiger partial charge is 0.459 e. The van der Waals surface area contributed by atoms with Crippen molar-refractivity contribution in [1.29, 1.82) is 0 Å². The molecule has 3 heterocycles. The minimum atomic E-state index is -4.28. The summed E-state index contributed by atoms with van der Waals surface area (Å²) in [6.45, 7) is 3.66. The number of nitrogens with two attached hydrogens (primary N) is 1. The predicted molar refractivity (Wildman–Crippen MR) is 134 cm³/mol. The summed E-state index contributed by atoms with van der Waals surface area (Å²) in [4.78, 5) is 16.2. The fourth-order valence-corrected chi connectivity index (χ4v) is 5.80. The van der Waals surface area contributed by atoms with Crippen LogP contribution in [0.5, 0.6) is 5.75 Å². The number of carbonyl (C=O) groups excluding carboxylic acids is 1. The number of aliphatic imine (C=N–C) groups is 1. The summed E-state index contributed by atoms with van der Waals surface area (Å²) < 4.78 is 36.6. The molecule has 2 aliphatic rings. The van der Waals surface area contributed by atoms with Crippen LogP contribution >= 0.6 is 7.75 Å². The third-order valence-corrected chi connectivity index (χ3v) is 8.03. The monoisotopic (exact) mass is 553 g/mol. The SMILES string of the molecule is COC(=O)[C@H](C)NP(=O)(OC[C@H]1O[C@@](O)(c2ccc3n2NC(C)=NC3N)[C@](C)(O)[C@@H]1O)Oc1ccccc1. The first-order valence-electron chi connectivity index (χ1n) is 11.8. The standard InChI is InChI=1S/C23H32N5O9P/c1-13(21(30)34-4)27-38(33,37-15-8-6-5-7-9-15)35-12-17-19(29)22(3,31)23(32,36-17)18-11-10-16-20(24)25-14(2)26-28(16)18/h5-11,13,17,19-20,29,31-32H,12,24H2,1-4H3,(H,25,26)(H,27,33)/t13-,17+,19+,20?,22+,23-,38?/m0/s1. The number of nitrogens with zero attached hydrogens (tertiary/aromatic N) is 2. The Labute approximate surface area is 218 Å². The van der Waals surface area contributed by atoms with Gasteiger partial charge in [-0.05, 0) is 45.0 Å². The van der Waals surface area contributed by atoms with Crippen molar-refractivity contribution in [3.8, 4) is 5.75 Å². The van der Waals surface area contributed by atoms with Crippen molar-refractivity contribution >= 4 is 19.6 Å². The first-order valence-corrected chi connectivity index (χ1v) is 13.3. The Morgan fingerprint density at radius 1 is 1.32 bits per heavy atom. The average molecular weight is 554 g/mol. The molecule has 2 aliphatic heterocycles. The number of para-hydroxylation sites is 1. The molecule has 0 amide bonds. The zero-order valence-electron chi connectivity index (χ0n) is 21.3. The van der Waals surface area contributed by atoms with Gasteiger partial charge in [0, 0.05) is 0 Å². The lowest BCUT2D eigenvalue weighted by molar-refractivity contribution is -0.275. The molecule has 4 rings (SSSR count). The molecule has 7 N–H and O–H groups in total. The minimum Gasteiger partial charge on any atom is -0.468 e. The van der Waals surface area contributed by atoms with E-state index in [0.717, 1.165) is 0 Å². The Balaban J connectivity index is 1.58. The van der Waals surface area contributed by atoms with Crippen molar-refractivity contribution in [2.75, 3.05) is 19.1 Å². The zero-order chi connectivity index (χ0) is 27.9. The Bertz CT molecular complexity index is 1250. The third kappa shape index (κ3) is 5.09. The summed E-state index contributed by atoms with van der Waals surface area (Å²) in [5.41, 5.74) is 7.27. The summed E-state index contributed by atoms with van der Waals surface area (Å²) >= 11 is 0. The van der Waals surface area contributed by atoms with E-state index in [1.54, 1.807) is 31.2 Å². The molecule has 7 atom stereocenters. The number of fused-ring (bicyclic) bond motifs is 1. The van der Waals surface area contributed by atoms with Crippen LogP contribution in [-0.4, -0.2) is 69.4 Å². The van der Waals surface area contributed by atoms with Crippen LogP contribution in [0.3, 0.4) is 0 Å². The molecule has 1 aromatic heterocycles. The molecule has 208 valence electrons. The van der Waals surface area contributed by atoms with Gasteiger partial charge in [-0.3, -0.25) is 19.4 Å². The van der Waals surface area contributed by atoms with Gasteiger partial charge in [0.25, 0.3) is 0 Å². The Kier molecular flexibility index (Phi) is 7.72. The molecule has 14 nitrogen and oxygen atoms in total. The van der Waals surface area contributed by atoms with Crippen molar-refractivity contribution in [2.24, 2.45) is 10.7 Å². The fraction of sp³-hybridized carbons (Fsp3) is 0.478. The minimum absolute atomic E-state index is 0.0462. The molecule has 0 aliphatic carbocycles. The maximum absolute atomic E-state index is 13.6. The Morgan fingerprint density at radius 2 is 2.00 bits per heavy atom. The van der Waals surface area contributed by atoms with Crippen LogP contribution in [0.2, 0.25) is 0 Å². The first kappa shape index (κ1) is 28.2. The number of hydrogen-bond acceptors (Lipinski definition) is 12. The number of benzene rings is 1. The van der Waals surface area contributed by atoms with E-state index in [1.807, 2.05) is 0 Å². The second kappa shape index (κ2) is 10.4. The number of esters is 1. The molecular formula is C23H32N5O9P. The van der Waals surface area contributed by atoms with Crippen LogP contribution in [0.1, 0.15) is 38.3 Å². The van der Waals surface area contributed by atoms with Crippen molar-refractivity contribution in [2.45, 2.75) is 56.6 Å². The normalized spacial score (nSPS) is 30.9. The van der Waals surface area contributed by atoms with E-state index < -0.39 is 56.1 Å². The average Bonchev–Trinajstić information content (AvgIpc) is 3.36. The van der Waals surface area contributed by atoms with Gasteiger partial charge in [-0.25, -0.2) is 9.56 Å². The molecule has 1 aromatic carbocycles. The van der Waals surface area contributed by atoms with E-state index in [4.69, 9.17) is 19.5 Å². The van der Waals surface area contributed by atoms with Gasteiger partial charge >= 0.3 is 13.7 Å². The number of hydrogen-bond donors (Lipinski definition) is 6. The van der Waals surface area contributed by atoms with Gasteiger partial charge in [0.15, 0.2) is 0 Å². The molecule has 0 bridgehead atoms. The molecule has 0 radical (unpaired) electrons. The Morgan fingerprint density at radius 3 is 2.66 bits per heavy atom. The highest BCUT2D eigenvalue weighted by atomic mass is 31.2. The van der Waals surface area contributed by atoms with Gasteiger partial charge in [-0.15, -0.1) is 0 Å². The highest BCUT2D eigenvalue weighted by Crippen LogP contribution is 2.49. The van der Waals surface area contributed by atoms with Gasteiger partial charge in [0.05, 0.1) is 19.4 Å². The van der Waals surface area contributed by atoms with Crippen LogP contribution in [0.4, 0.5) is 0 Å². The number of carbonyl (C=O) groups is 1. The number of aromatic nitrogens is 1. The zero-order valence-corrected chi connectivity index (χ0v) is 22.2. The van der Waals surface area contributed by atoms with Crippen LogP contribution < -0.4 is 20.8 Å². The number of amidine groups is 1. The van der Waals surface area contributed by atoms with Crippen LogP contribution in [0, 0.1) is 0 Å². The van der Waals surface area contributed by atoms with Crippen molar-refractivity contribution in [1.82, 2.24) is 9.76 Å². The molecule has 1 fully saturated rings. The van der Waals surface area contributed by atoms with Crippen LogP contribution in [0.15, 0.2) is 47.5 Å². The molecule has 1 saturated heterocycles. The predicted octanol–water partition coefficient (Wildman–Crippen LogP) is 0.432. The van der Waals surface area contributed by atoms with Gasteiger partial charge < -0.3 is 35.1 Å². The maximum Gasteiger partial charge on any atom is 0.459 e. The summed E-state index contributed by atoms with van der Waals surface area (Å²) in [6.07, 6.45) is -3.81. The molecule has 2 aromatic rings. The topological polar surface area (TPSA) is 199 Å². The second-order valence-corrected chi connectivity index (χ2v) is 10.9. The van der Waals surface area contributed by atoms with Gasteiger partial charge in [0.1, 0.15) is 47.3 Å².